The number of hydrogen-bond donors (Lipinski definition) is 1. The van der Waals surface area contributed by atoms with Crippen LogP contribution in [0.15, 0.2) is 65.2 Å². The molecule has 0 radical (unpaired) electrons. The predicted molar refractivity (Wildman–Crippen MR) is 99.5 cm³/mol. The van der Waals surface area contributed by atoms with Crippen molar-refractivity contribution in [1.82, 2.24) is 15.4 Å². The van der Waals surface area contributed by atoms with Gasteiger partial charge in [0, 0.05) is 31.7 Å². The number of nitrogens with one attached hydrogen (secondary N) is 1. The van der Waals surface area contributed by atoms with Gasteiger partial charge < -0.3 is 9.84 Å². The van der Waals surface area contributed by atoms with Crippen LogP contribution >= 0.6 is 0 Å². The average molecular weight is 365 g/mol. The molecule has 1 aliphatic heterocycles. The quantitative estimate of drug-likeness (QED) is 0.752. The summed E-state index contributed by atoms with van der Waals surface area (Å²) in [7, 11) is 0. The Hall–Kier alpha value is -2.99. The minimum absolute atomic E-state index is 0.0647. The summed E-state index contributed by atoms with van der Waals surface area (Å²) in [5, 5.41) is 6.79. The number of halogens is 1. The summed E-state index contributed by atoms with van der Waals surface area (Å²) in [5.74, 6) is -0.462. The van der Waals surface area contributed by atoms with Crippen molar-refractivity contribution in [3.63, 3.8) is 0 Å². The Morgan fingerprint density at radius 3 is 2.78 bits per heavy atom. The predicted octanol–water partition coefficient (Wildman–Crippen LogP) is 3.49. The van der Waals surface area contributed by atoms with Gasteiger partial charge in [-0.3, -0.25) is 9.69 Å². The van der Waals surface area contributed by atoms with Crippen molar-refractivity contribution < 1.29 is 13.7 Å². The molecule has 3 aromatic rings. The third kappa shape index (κ3) is 4.06. The van der Waals surface area contributed by atoms with Crippen LogP contribution in [0.1, 0.15) is 22.5 Å². The van der Waals surface area contributed by atoms with Gasteiger partial charge in [0.1, 0.15) is 5.82 Å². The normalized spacial score (nSPS) is 17.1. The van der Waals surface area contributed by atoms with Crippen molar-refractivity contribution in [2.45, 2.75) is 19.0 Å². The van der Waals surface area contributed by atoms with E-state index in [1.165, 1.54) is 17.7 Å². The fraction of sp³-hybridized carbons (Fsp3) is 0.238. The summed E-state index contributed by atoms with van der Waals surface area (Å²) in [4.78, 5) is 14.8. The van der Waals surface area contributed by atoms with Crippen LogP contribution < -0.4 is 5.32 Å². The van der Waals surface area contributed by atoms with Gasteiger partial charge in [0.2, 0.25) is 0 Å². The number of likely N-dealkylation sites (tertiary alicyclic amines) is 1. The third-order valence-corrected chi connectivity index (χ3v) is 4.74. The highest BCUT2D eigenvalue weighted by molar-refractivity contribution is 5.93. The van der Waals surface area contributed by atoms with Gasteiger partial charge in [-0.25, -0.2) is 4.39 Å². The maximum atomic E-state index is 13.8. The van der Waals surface area contributed by atoms with Crippen LogP contribution in [-0.4, -0.2) is 35.1 Å². The van der Waals surface area contributed by atoms with Gasteiger partial charge in [-0.05, 0) is 24.1 Å². The first kappa shape index (κ1) is 17.4. The first-order valence-electron chi connectivity index (χ1n) is 8.98. The van der Waals surface area contributed by atoms with Gasteiger partial charge >= 0.3 is 0 Å². The van der Waals surface area contributed by atoms with E-state index in [0.717, 1.165) is 26.1 Å². The zero-order valence-electron chi connectivity index (χ0n) is 14.8. The van der Waals surface area contributed by atoms with Crippen LogP contribution in [0.2, 0.25) is 0 Å². The molecule has 1 amide bonds. The zero-order valence-corrected chi connectivity index (χ0v) is 14.8. The number of nitrogens with zero attached hydrogens (tertiary/aromatic N) is 2. The Labute approximate surface area is 156 Å². The number of hydrogen-bond acceptors (Lipinski definition) is 4. The number of benzene rings is 2. The van der Waals surface area contributed by atoms with Crippen LogP contribution in [0.3, 0.4) is 0 Å². The molecule has 2 heterocycles. The molecule has 1 unspecified atom stereocenters. The number of aromatic nitrogens is 1. The Kier molecular flexibility index (Phi) is 4.98. The molecule has 1 atom stereocenters. The fourth-order valence-electron chi connectivity index (χ4n) is 3.37. The summed E-state index contributed by atoms with van der Waals surface area (Å²) < 4.78 is 19.0. The first-order chi connectivity index (χ1) is 13.2. The maximum Gasteiger partial charge on any atom is 0.273 e. The Morgan fingerprint density at radius 2 is 1.96 bits per heavy atom. The lowest BCUT2D eigenvalue weighted by atomic mass is 10.1. The highest BCUT2D eigenvalue weighted by Crippen LogP contribution is 2.23. The van der Waals surface area contributed by atoms with Crippen molar-refractivity contribution in [1.29, 1.82) is 0 Å². The molecule has 1 aliphatic rings. The van der Waals surface area contributed by atoms with Crippen molar-refractivity contribution in [2.24, 2.45) is 0 Å². The minimum Gasteiger partial charge on any atom is -0.355 e. The Morgan fingerprint density at radius 1 is 1.19 bits per heavy atom. The van der Waals surface area contributed by atoms with E-state index in [0.29, 0.717) is 5.56 Å². The van der Waals surface area contributed by atoms with Gasteiger partial charge in [-0.15, -0.1) is 0 Å². The highest BCUT2D eigenvalue weighted by Gasteiger charge is 2.25. The lowest BCUT2D eigenvalue weighted by Gasteiger charge is -2.16. The third-order valence-electron chi connectivity index (χ3n) is 4.74. The molecule has 1 N–H and O–H groups in total. The smallest absolute Gasteiger partial charge is 0.273 e. The molecule has 2 aromatic carbocycles. The van der Waals surface area contributed by atoms with Gasteiger partial charge in [-0.2, -0.15) is 0 Å². The van der Waals surface area contributed by atoms with Crippen molar-refractivity contribution >= 4 is 5.91 Å². The molecule has 6 heteroatoms. The fourth-order valence-corrected chi connectivity index (χ4v) is 3.37. The van der Waals surface area contributed by atoms with E-state index >= 15 is 0 Å². The van der Waals surface area contributed by atoms with Gasteiger partial charge in [0.15, 0.2) is 11.5 Å². The molecule has 0 saturated carbocycles. The van der Waals surface area contributed by atoms with Crippen LogP contribution in [0, 0.1) is 5.82 Å². The second-order valence-corrected chi connectivity index (χ2v) is 6.74. The van der Waals surface area contributed by atoms with Crippen molar-refractivity contribution in [3.8, 4) is 11.3 Å². The van der Waals surface area contributed by atoms with E-state index in [1.54, 1.807) is 18.2 Å². The molecule has 1 saturated heterocycles. The second kappa shape index (κ2) is 7.72. The van der Waals surface area contributed by atoms with Crippen LogP contribution in [0.4, 0.5) is 4.39 Å². The summed E-state index contributed by atoms with van der Waals surface area (Å²) in [6.07, 6.45) is 0.886. The first-order valence-corrected chi connectivity index (χ1v) is 8.98. The van der Waals surface area contributed by atoms with Crippen LogP contribution in [0.5, 0.6) is 0 Å². The minimum atomic E-state index is -0.409. The molecule has 27 heavy (non-hydrogen) atoms. The van der Waals surface area contributed by atoms with E-state index in [4.69, 9.17) is 4.52 Å². The van der Waals surface area contributed by atoms with E-state index in [1.807, 2.05) is 18.2 Å². The molecular weight excluding hydrogens is 345 g/mol. The van der Waals surface area contributed by atoms with Crippen LogP contribution in [0.25, 0.3) is 11.3 Å². The number of rotatable bonds is 5. The summed E-state index contributed by atoms with van der Waals surface area (Å²) in [6.45, 7) is 2.59. The second-order valence-electron chi connectivity index (χ2n) is 6.74. The molecular formula is C21H20FN3O2. The summed E-state index contributed by atoms with van der Waals surface area (Å²) in [6, 6.07) is 18.1. The largest absolute Gasteiger partial charge is 0.355 e. The zero-order chi connectivity index (χ0) is 18.6. The number of carbonyl (C=O) groups is 1. The lowest BCUT2D eigenvalue weighted by Crippen LogP contribution is -2.37. The topological polar surface area (TPSA) is 58.4 Å². The van der Waals surface area contributed by atoms with Gasteiger partial charge in [0.25, 0.3) is 5.91 Å². The Bertz CT molecular complexity index is 926. The monoisotopic (exact) mass is 365 g/mol. The molecule has 4 rings (SSSR count). The van der Waals surface area contributed by atoms with Gasteiger partial charge in [0.05, 0.1) is 5.56 Å². The van der Waals surface area contributed by atoms with E-state index in [-0.39, 0.29) is 23.4 Å². The summed E-state index contributed by atoms with van der Waals surface area (Å²) in [5.41, 5.74) is 1.71. The molecule has 1 aromatic heterocycles. The highest BCUT2D eigenvalue weighted by atomic mass is 19.1. The average Bonchev–Trinajstić information content (AvgIpc) is 3.33. The summed E-state index contributed by atoms with van der Waals surface area (Å²) >= 11 is 0. The lowest BCUT2D eigenvalue weighted by molar-refractivity contribution is 0.0928. The van der Waals surface area contributed by atoms with E-state index in [9.17, 15) is 9.18 Å². The molecule has 0 bridgehead atoms. The number of carbonyl (C=O) groups excluding carboxylic acids is 1. The molecule has 0 spiro atoms. The van der Waals surface area contributed by atoms with Crippen molar-refractivity contribution in [3.05, 3.63) is 77.7 Å². The standard InChI is InChI=1S/C21H20FN3O2/c22-18-9-5-4-8-17(18)20-12-19(24-27-20)21(26)23-16-10-11-25(14-16)13-15-6-2-1-3-7-15/h1-9,12,16H,10-11,13-14H2,(H,23,26). The molecule has 5 nitrogen and oxygen atoms in total. The van der Waals surface area contributed by atoms with E-state index in [2.05, 4.69) is 27.5 Å². The Balaban J connectivity index is 1.35. The van der Waals surface area contributed by atoms with E-state index < -0.39 is 5.82 Å². The van der Waals surface area contributed by atoms with Gasteiger partial charge in [-0.1, -0.05) is 47.6 Å². The van der Waals surface area contributed by atoms with Crippen molar-refractivity contribution in [2.75, 3.05) is 13.1 Å². The maximum absolute atomic E-state index is 13.8. The number of amides is 1. The molecule has 1 fully saturated rings. The van der Waals surface area contributed by atoms with Crippen LogP contribution in [-0.2, 0) is 6.54 Å². The SMILES string of the molecule is O=C(NC1CCN(Cc2ccccc2)C1)c1cc(-c2ccccc2F)on1. The molecule has 138 valence electrons. The molecule has 0 aliphatic carbocycles.